The second kappa shape index (κ2) is 1.96. The van der Waals surface area contributed by atoms with E-state index in [1.165, 1.54) is 0 Å². The maximum absolute atomic E-state index is 5.97. The van der Waals surface area contributed by atoms with Crippen LogP contribution in [0, 0.1) is 5.92 Å². The zero-order valence-electron chi connectivity index (χ0n) is 6.52. The van der Waals surface area contributed by atoms with Gasteiger partial charge in [0.25, 0.3) is 0 Å². The average molecular weight is 128 g/mol. The summed E-state index contributed by atoms with van der Waals surface area (Å²) in [6.07, 6.45) is 0. The van der Waals surface area contributed by atoms with E-state index >= 15 is 0 Å². The van der Waals surface area contributed by atoms with Crippen molar-refractivity contribution in [2.45, 2.75) is 19.4 Å². The molecule has 0 radical (unpaired) electrons. The zero-order chi connectivity index (χ0) is 7.07. The molecule has 2 heteroatoms. The van der Waals surface area contributed by atoms with Gasteiger partial charge < -0.3 is 10.6 Å². The van der Waals surface area contributed by atoms with Crippen molar-refractivity contribution in [1.29, 1.82) is 0 Å². The van der Waals surface area contributed by atoms with Crippen molar-refractivity contribution in [3.63, 3.8) is 0 Å². The summed E-state index contributed by atoms with van der Waals surface area (Å²) in [5, 5.41) is 0. The second-order valence-corrected chi connectivity index (χ2v) is 3.60. The first kappa shape index (κ1) is 7.03. The molecule has 0 spiro atoms. The molecule has 54 valence electrons. The van der Waals surface area contributed by atoms with E-state index in [0.29, 0.717) is 5.92 Å². The van der Waals surface area contributed by atoms with Crippen molar-refractivity contribution in [3.8, 4) is 0 Å². The van der Waals surface area contributed by atoms with Crippen LogP contribution in [0.15, 0.2) is 0 Å². The van der Waals surface area contributed by atoms with Crippen molar-refractivity contribution >= 4 is 0 Å². The Kier molecular flexibility index (Phi) is 1.53. The molecule has 1 heterocycles. The molecule has 0 amide bonds. The lowest BCUT2D eigenvalue weighted by Gasteiger charge is -2.21. The SMILES string of the molecule is CC1CN(C)CC1(C)N. The summed E-state index contributed by atoms with van der Waals surface area (Å²) in [6, 6.07) is 0. The molecule has 0 aliphatic carbocycles. The van der Waals surface area contributed by atoms with E-state index in [0.717, 1.165) is 13.1 Å². The van der Waals surface area contributed by atoms with Gasteiger partial charge in [0, 0.05) is 18.6 Å². The largest absolute Gasteiger partial charge is 0.324 e. The molecule has 0 aromatic heterocycles. The number of nitrogens with zero attached hydrogens (tertiary/aromatic N) is 1. The molecule has 1 saturated heterocycles. The standard InChI is InChI=1S/C7H16N2/c1-6-4-9(3)5-7(6,2)8/h6H,4-5,8H2,1-3H3. The summed E-state index contributed by atoms with van der Waals surface area (Å²) in [5.74, 6) is 0.641. The highest BCUT2D eigenvalue weighted by atomic mass is 15.2. The molecule has 0 saturated carbocycles. The Morgan fingerprint density at radius 1 is 1.67 bits per heavy atom. The Balaban J connectivity index is 2.58. The van der Waals surface area contributed by atoms with Crippen LogP contribution >= 0.6 is 0 Å². The summed E-state index contributed by atoms with van der Waals surface area (Å²) in [7, 11) is 2.12. The molecular formula is C7H16N2. The molecule has 2 N–H and O–H groups in total. The van der Waals surface area contributed by atoms with Gasteiger partial charge in [0.1, 0.15) is 0 Å². The molecule has 9 heavy (non-hydrogen) atoms. The van der Waals surface area contributed by atoms with E-state index in [-0.39, 0.29) is 5.54 Å². The minimum absolute atomic E-state index is 0.0503. The van der Waals surface area contributed by atoms with Crippen molar-refractivity contribution in [2.24, 2.45) is 11.7 Å². The van der Waals surface area contributed by atoms with E-state index in [1.807, 2.05) is 0 Å². The van der Waals surface area contributed by atoms with Crippen LogP contribution in [0.25, 0.3) is 0 Å². The molecule has 1 aliphatic heterocycles. The highest BCUT2D eigenvalue weighted by Crippen LogP contribution is 2.22. The van der Waals surface area contributed by atoms with Crippen LogP contribution < -0.4 is 5.73 Å². The first-order valence-electron chi connectivity index (χ1n) is 3.50. The van der Waals surface area contributed by atoms with Gasteiger partial charge in [0.05, 0.1) is 0 Å². The van der Waals surface area contributed by atoms with E-state index in [1.54, 1.807) is 0 Å². The van der Waals surface area contributed by atoms with Crippen LogP contribution in [-0.2, 0) is 0 Å². The maximum Gasteiger partial charge on any atom is 0.0292 e. The zero-order valence-corrected chi connectivity index (χ0v) is 6.52. The number of hydrogen-bond donors (Lipinski definition) is 1. The first-order chi connectivity index (χ1) is 4.02. The van der Waals surface area contributed by atoms with Gasteiger partial charge in [-0.15, -0.1) is 0 Å². The molecule has 0 aromatic carbocycles. The van der Waals surface area contributed by atoms with Gasteiger partial charge in [-0.25, -0.2) is 0 Å². The molecule has 2 atom stereocenters. The third-order valence-electron chi connectivity index (χ3n) is 2.32. The average Bonchev–Trinajstić information content (AvgIpc) is 1.79. The van der Waals surface area contributed by atoms with E-state index < -0.39 is 0 Å². The Hall–Kier alpha value is -0.0800. The van der Waals surface area contributed by atoms with Gasteiger partial charge in [0.15, 0.2) is 0 Å². The Morgan fingerprint density at radius 3 is 2.33 bits per heavy atom. The van der Waals surface area contributed by atoms with Gasteiger partial charge in [-0.3, -0.25) is 0 Å². The maximum atomic E-state index is 5.97. The Bertz CT molecular complexity index is 109. The van der Waals surface area contributed by atoms with Crippen LogP contribution in [0.4, 0.5) is 0 Å². The summed E-state index contributed by atoms with van der Waals surface area (Å²) in [6.45, 7) is 6.52. The minimum atomic E-state index is 0.0503. The van der Waals surface area contributed by atoms with Gasteiger partial charge in [-0.1, -0.05) is 6.92 Å². The topological polar surface area (TPSA) is 29.3 Å². The highest BCUT2D eigenvalue weighted by molar-refractivity contribution is 4.94. The van der Waals surface area contributed by atoms with Gasteiger partial charge >= 0.3 is 0 Å². The lowest BCUT2D eigenvalue weighted by molar-refractivity contribution is 0.378. The number of rotatable bonds is 0. The lowest BCUT2D eigenvalue weighted by Crippen LogP contribution is -2.43. The summed E-state index contributed by atoms with van der Waals surface area (Å²) in [5.41, 5.74) is 6.02. The number of likely N-dealkylation sites (N-methyl/N-ethyl adjacent to an activating group) is 1. The van der Waals surface area contributed by atoms with Gasteiger partial charge in [-0.2, -0.15) is 0 Å². The second-order valence-electron chi connectivity index (χ2n) is 3.60. The molecule has 0 aromatic rings. The van der Waals surface area contributed by atoms with Crippen LogP contribution in [0.5, 0.6) is 0 Å². The van der Waals surface area contributed by atoms with E-state index in [4.69, 9.17) is 5.73 Å². The predicted molar refractivity (Wildman–Crippen MR) is 39.3 cm³/mol. The summed E-state index contributed by atoms with van der Waals surface area (Å²) in [4.78, 5) is 2.28. The van der Waals surface area contributed by atoms with Crippen LogP contribution in [0.1, 0.15) is 13.8 Å². The molecule has 2 nitrogen and oxygen atoms in total. The monoisotopic (exact) mass is 128 g/mol. The van der Waals surface area contributed by atoms with Crippen LogP contribution in [0.2, 0.25) is 0 Å². The fourth-order valence-corrected chi connectivity index (χ4v) is 1.48. The smallest absolute Gasteiger partial charge is 0.0292 e. The van der Waals surface area contributed by atoms with Crippen molar-refractivity contribution in [2.75, 3.05) is 20.1 Å². The van der Waals surface area contributed by atoms with Crippen molar-refractivity contribution in [1.82, 2.24) is 4.90 Å². The third-order valence-corrected chi connectivity index (χ3v) is 2.32. The predicted octanol–water partition coefficient (Wildman–Crippen LogP) is 0.285. The first-order valence-corrected chi connectivity index (χ1v) is 3.50. The number of hydrogen-bond acceptors (Lipinski definition) is 2. The Labute approximate surface area is 57.0 Å². The molecule has 1 rings (SSSR count). The number of nitrogens with two attached hydrogens (primary N) is 1. The van der Waals surface area contributed by atoms with Crippen molar-refractivity contribution in [3.05, 3.63) is 0 Å². The fourth-order valence-electron chi connectivity index (χ4n) is 1.48. The molecule has 1 aliphatic rings. The third kappa shape index (κ3) is 1.25. The van der Waals surface area contributed by atoms with E-state index in [9.17, 15) is 0 Å². The quantitative estimate of drug-likeness (QED) is 0.508. The molecule has 2 unspecified atom stereocenters. The molecular weight excluding hydrogens is 112 g/mol. The van der Waals surface area contributed by atoms with Crippen LogP contribution in [-0.4, -0.2) is 30.6 Å². The Morgan fingerprint density at radius 2 is 2.22 bits per heavy atom. The molecule has 0 bridgehead atoms. The minimum Gasteiger partial charge on any atom is -0.324 e. The summed E-state index contributed by atoms with van der Waals surface area (Å²) >= 11 is 0. The number of likely N-dealkylation sites (tertiary alicyclic amines) is 1. The highest BCUT2D eigenvalue weighted by Gasteiger charge is 2.34. The summed E-state index contributed by atoms with van der Waals surface area (Å²) < 4.78 is 0. The van der Waals surface area contributed by atoms with Gasteiger partial charge in [0.2, 0.25) is 0 Å². The lowest BCUT2D eigenvalue weighted by atomic mass is 9.92. The van der Waals surface area contributed by atoms with E-state index in [2.05, 4.69) is 25.8 Å². The van der Waals surface area contributed by atoms with Crippen molar-refractivity contribution < 1.29 is 0 Å². The van der Waals surface area contributed by atoms with Crippen LogP contribution in [0.3, 0.4) is 0 Å². The molecule has 1 fully saturated rings. The fraction of sp³-hybridized carbons (Fsp3) is 1.00. The van der Waals surface area contributed by atoms with Gasteiger partial charge in [-0.05, 0) is 19.9 Å². The normalized spacial score (nSPS) is 46.0.